The van der Waals surface area contributed by atoms with Crippen LogP contribution in [0.15, 0.2) is 84.9 Å². The molecule has 6 aromatic rings. The number of fused-ring (bicyclic) bond motifs is 6. The van der Waals surface area contributed by atoms with Crippen LogP contribution in [-0.4, -0.2) is 84.3 Å². The average molecular weight is 765 g/mol. The van der Waals surface area contributed by atoms with Crippen molar-refractivity contribution in [2.75, 3.05) is 26.2 Å². The molecule has 2 aromatic heterocycles. The zero-order valence-corrected chi connectivity index (χ0v) is 32.3. The summed E-state index contributed by atoms with van der Waals surface area (Å²) in [6, 6.07) is 30.3. The van der Waals surface area contributed by atoms with E-state index in [9.17, 15) is 0 Å². The Morgan fingerprint density at radius 2 is 1.21 bits per heavy atom. The number of halogens is 1. The number of benzene rings is 4. The van der Waals surface area contributed by atoms with Crippen molar-refractivity contribution in [2.24, 2.45) is 0 Å². The molecule has 0 atom stereocenters. The minimum Gasteiger partial charge on any atom is -0.423 e. The first-order chi connectivity index (χ1) is 27.4. The van der Waals surface area contributed by atoms with Gasteiger partial charge in [-0.05, 0) is 84.7 Å². The fraction of sp³-hybridized carbons (Fsp3) is 0.364. The Morgan fingerprint density at radius 1 is 0.679 bits per heavy atom. The molecule has 284 valence electrons. The fourth-order valence-corrected chi connectivity index (χ4v) is 8.42. The lowest BCUT2D eigenvalue weighted by atomic mass is 9.80. The van der Waals surface area contributed by atoms with Gasteiger partial charge in [0, 0.05) is 69.2 Å². The number of hydrogen-bond donors (Lipinski definition) is 2. The van der Waals surface area contributed by atoms with Crippen molar-refractivity contribution >= 4 is 51.9 Å². The van der Waals surface area contributed by atoms with E-state index in [4.69, 9.17) is 43.5 Å². The molecule has 56 heavy (non-hydrogen) atoms. The van der Waals surface area contributed by atoms with Gasteiger partial charge in [-0.1, -0.05) is 66.9 Å². The highest BCUT2D eigenvalue weighted by Crippen LogP contribution is 2.30. The highest BCUT2D eigenvalue weighted by molar-refractivity contribution is 6.58. The van der Waals surface area contributed by atoms with E-state index in [1.807, 2.05) is 36.4 Å². The normalized spacial score (nSPS) is 17.3. The van der Waals surface area contributed by atoms with Crippen molar-refractivity contribution in [1.82, 2.24) is 28.9 Å². The van der Waals surface area contributed by atoms with Crippen LogP contribution >= 0.6 is 11.6 Å². The summed E-state index contributed by atoms with van der Waals surface area (Å²) in [5.41, 5.74) is 8.48. The third-order valence-corrected chi connectivity index (χ3v) is 12.2. The van der Waals surface area contributed by atoms with E-state index in [-0.39, 0.29) is 0 Å². The Labute approximate surface area is 333 Å². The standard InChI is InChI=1S/C22H22N4.C15H18ClN3.C7H6BNO2/c23-15-16-4-6-17(7-5-16)18-8-9-21-20(14-18)24-22-10-11-25(12-13-26(21)22)19-2-1-3-19;16-11-4-5-14-13(10-11)17-15-6-7-18(8-9-19(14)15)12-2-1-3-12;1-9-7-4-2-6(3-5-7)8(10)11/h4-9,14,19H,1-3,10-13H2;4-5,10,12H,1-3,6-9H2;2-5,10-11H. The maximum Gasteiger partial charge on any atom is 0.488 e. The highest BCUT2D eigenvalue weighted by Gasteiger charge is 2.28. The van der Waals surface area contributed by atoms with Crippen molar-refractivity contribution in [3.8, 4) is 17.2 Å². The Morgan fingerprint density at radius 3 is 1.71 bits per heavy atom. The minimum absolute atomic E-state index is 0.400. The van der Waals surface area contributed by atoms with Gasteiger partial charge in [-0.3, -0.25) is 9.80 Å². The number of aromatic nitrogens is 4. The molecule has 2 N–H and O–H groups in total. The van der Waals surface area contributed by atoms with Crippen molar-refractivity contribution < 1.29 is 10.0 Å². The monoisotopic (exact) mass is 764 g/mol. The lowest BCUT2D eigenvalue weighted by molar-refractivity contribution is 0.130. The van der Waals surface area contributed by atoms with E-state index >= 15 is 0 Å². The van der Waals surface area contributed by atoms with Crippen LogP contribution in [0.5, 0.6) is 0 Å². The highest BCUT2D eigenvalue weighted by atomic mass is 35.5. The second kappa shape index (κ2) is 17.0. The molecule has 12 heteroatoms. The van der Waals surface area contributed by atoms with Gasteiger partial charge in [0.05, 0.1) is 40.3 Å². The van der Waals surface area contributed by atoms with Crippen molar-refractivity contribution in [1.29, 1.82) is 5.26 Å². The molecule has 0 radical (unpaired) electrons. The molecule has 0 spiro atoms. The zero-order chi connectivity index (χ0) is 38.6. The Bertz CT molecular complexity index is 2390. The molecule has 0 amide bonds. The van der Waals surface area contributed by atoms with E-state index in [1.54, 1.807) is 12.1 Å². The van der Waals surface area contributed by atoms with Gasteiger partial charge in [-0.2, -0.15) is 5.26 Å². The number of nitrogens with zero attached hydrogens (tertiary/aromatic N) is 8. The second-order valence-corrected chi connectivity index (χ2v) is 15.6. The van der Waals surface area contributed by atoms with E-state index < -0.39 is 7.12 Å². The minimum atomic E-state index is -1.45. The molecule has 10 nitrogen and oxygen atoms in total. The molecule has 4 aromatic carbocycles. The number of hydrogen-bond acceptors (Lipinski definition) is 7. The Hall–Kier alpha value is -5.01. The summed E-state index contributed by atoms with van der Waals surface area (Å²) in [7, 11) is -1.45. The molecule has 0 saturated heterocycles. The van der Waals surface area contributed by atoms with Crippen LogP contribution in [0.2, 0.25) is 5.02 Å². The summed E-state index contributed by atoms with van der Waals surface area (Å²) in [5.74, 6) is 2.44. The quantitative estimate of drug-likeness (QED) is 0.147. The van der Waals surface area contributed by atoms with Crippen LogP contribution in [0.1, 0.15) is 55.7 Å². The number of rotatable bonds is 4. The van der Waals surface area contributed by atoms with Gasteiger partial charge >= 0.3 is 7.12 Å². The third-order valence-electron chi connectivity index (χ3n) is 11.9. The van der Waals surface area contributed by atoms with Crippen molar-refractivity contribution in [2.45, 2.75) is 76.5 Å². The molecule has 2 aliphatic heterocycles. The van der Waals surface area contributed by atoms with Gasteiger partial charge in [0.25, 0.3) is 0 Å². The maximum absolute atomic E-state index is 8.96. The van der Waals surface area contributed by atoms with Gasteiger partial charge < -0.3 is 19.2 Å². The van der Waals surface area contributed by atoms with Crippen LogP contribution < -0.4 is 5.46 Å². The summed E-state index contributed by atoms with van der Waals surface area (Å²) in [5, 5.41) is 27.1. The van der Waals surface area contributed by atoms with Crippen LogP contribution in [0.4, 0.5) is 5.69 Å². The third kappa shape index (κ3) is 8.25. The molecule has 2 fully saturated rings. The fourth-order valence-electron chi connectivity index (χ4n) is 8.25. The van der Waals surface area contributed by atoms with Crippen molar-refractivity contribution in [3.05, 3.63) is 119 Å². The van der Waals surface area contributed by atoms with Gasteiger partial charge in [0.2, 0.25) is 0 Å². The SMILES string of the molecule is Clc1ccc2c(c1)nc1n2CCN(C2CCC2)CC1.N#Cc1ccc(-c2ccc3c(c2)nc2n3CCN(C3CCC3)CC2)cc1.[C-]#[N+]c1ccc(B(O)O)cc1. The average Bonchev–Trinajstić information content (AvgIpc) is 3.54. The van der Waals surface area contributed by atoms with Crippen molar-refractivity contribution in [3.63, 3.8) is 0 Å². The zero-order valence-electron chi connectivity index (χ0n) is 31.6. The van der Waals surface area contributed by atoms with Crippen LogP contribution in [0, 0.1) is 17.9 Å². The lowest BCUT2D eigenvalue weighted by Crippen LogP contribution is -2.41. The molecular formula is C44H46BClN8O2. The molecular weight excluding hydrogens is 719 g/mol. The van der Waals surface area contributed by atoms with Gasteiger partial charge in [-0.25, -0.2) is 14.8 Å². The molecule has 0 bridgehead atoms. The predicted octanol–water partition coefficient (Wildman–Crippen LogP) is 7.00. The second-order valence-electron chi connectivity index (χ2n) is 15.2. The molecule has 4 aliphatic rings. The van der Waals surface area contributed by atoms with Crippen LogP contribution in [0.25, 0.3) is 38.0 Å². The predicted molar refractivity (Wildman–Crippen MR) is 223 cm³/mol. The Balaban J connectivity index is 0.000000129. The smallest absolute Gasteiger partial charge is 0.423 e. The molecule has 2 aliphatic carbocycles. The summed E-state index contributed by atoms with van der Waals surface area (Å²) >= 11 is 6.05. The van der Waals surface area contributed by atoms with Gasteiger partial charge in [0.15, 0.2) is 5.69 Å². The van der Waals surface area contributed by atoms with Gasteiger partial charge in [0.1, 0.15) is 11.6 Å². The van der Waals surface area contributed by atoms with Crippen LogP contribution in [-0.2, 0) is 25.9 Å². The summed E-state index contributed by atoms with van der Waals surface area (Å²) in [4.78, 5) is 18.2. The van der Waals surface area contributed by atoms with E-state index in [0.29, 0.717) is 16.7 Å². The van der Waals surface area contributed by atoms with E-state index in [0.717, 1.165) is 91.4 Å². The molecule has 2 saturated carbocycles. The first-order valence-electron chi connectivity index (χ1n) is 19.8. The van der Waals surface area contributed by atoms with E-state index in [1.165, 1.54) is 73.3 Å². The first kappa shape index (κ1) is 37.9. The molecule has 10 rings (SSSR count). The Kier molecular flexibility index (Phi) is 11.5. The van der Waals surface area contributed by atoms with Crippen LogP contribution in [0.3, 0.4) is 0 Å². The topological polar surface area (TPSA) is 111 Å². The summed E-state index contributed by atoms with van der Waals surface area (Å²) in [6.45, 7) is 13.3. The first-order valence-corrected chi connectivity index (χ1v) is 20.2. The van der Waals surface area contributed by atoms with Gasteiger partial charge in [-0.15, -0.1) is 0 Å². The largest absolute Gasteiger partial charge is 0.488 e. The lowest BCUT2D eigenvalue weighted by Gasteiger charge is -2.36. The van der Waals surface area contributed by atoms with E-state index in [2.05, 4.69) is 54.1 Å². The maximum atomic E-state index is 8.96. The molecule has 0 unspecified atom stereocenters. The molecule has 4 heterocycles. The number of imidazole rings is 2. The summed E-state index contributed by atoms with van der Waals surface area (Å²) < 4.78 is 4.79. The summed E-state index contributed by atoms with van der Waals surface area (Å²) in [6.07, 6.45) is 10.4. The number of nitriles is 1.